The lowest BCUT2D eigenvalue weighted by Gasteiger charge is -2.28. The molecule has 0 aliphatic heterocycles. The number of methoxy groups -OCH3 is 1. The summed E-state index contributed by atoms with van der Waals surface area (Å²) in [6.45, 7) is 1.35. The van der Waals surface area contributed by atoms with Gasteiger partial charge in [0, 0.05) is 30.7 Å². The van der Waals surface area contributed by atoms with E-state index in [2.05, 4.69) is 15.6 Å². The first-order chi connectivity index (χ1) is 11.2. The first kappa shape index (κ1) is 15.7. The van der Waals surface area contributed by atoms with Crippen LogP contribution in [0.4, 0.5) is 10.5 Å². The van der Waals surface area contributed by atoms with E-state index in [0.29, 0.717) is 13.2 Å². The molecule has 0 bridgehead atoms. The summed E-state index contributed by atoms with van der Waals surface area (Å²) in [5.41, 5.74) is 1.74. The van der Waals surface area contributed by atoms with Gasteiger partial charge in [-0.25, -0.2) is 4.79 Å². The highest BCUT2D eigenvalue weighted by atomic mass is 16.5. The fraction of sp³-hybridized carbons (Fsp3) is 0.444. The minimum absolute atomic E-state index is 0.0897. The molecule has 0 saturated heterocycles. The fourth-order valence-corrected chi connectivity index (χ4v) is 3.45. The zero-order chi connectivity index (χ0) is 16.1. The van der Waals surface area contributed by atoms with Crippen LogP contribution in [-0.2, 0) is 4.74 Å². The Labute approximate surface area is 136 Å². The third kappa shape index (κ3) is 3.62. The number of urea groups is 1. The standard InChI is InChI=1S/C18H23N3O2/c1-23-13-18(9-2-3-10-18)12-20-17(22)21-16-8-4-7-15-14(16)6-5-11-19-15/h4-8,11H,2-3,9-10,12-13H2,1H3,(H2,20,21,22). The predicted octanol–water partition coefficient (Wildman–Crippen LogP) is 3.56. The normalized spacial score (nSPS) is 16.4. The molecule has 122 valence electrons. The Morgan fingerprint density at radius 1 is 1.26 bits per heavy atom. The van der Waals surface area contributed by atoms with E-state index in [4.69, 9.17) is 4.74 Å². The summed E-state index contributed by atoms with van der Waals surface area (Å²) in [6.07, 6.45) is 6.39. The van der Waals surface area contributed by atoms with Crippen molar-refractivity contribution < 1.29 is 9.53 Å². The number of amides is 2. The lowest BCUT2D eigenvalue weighted by molar-refractivity contribution is 0.0847. The van der Waals surface area contributed by atoms with Gasteiger partial charge in [0.15, 0.2) is 0 Å². The average Bonchev–Trinajstić information content (AvgIpc) is 3.03. The zero-order valence-corrected chi connectivity index (χ0v) is 13.5. The average molecular weight is 313 g/mol. The van der Waals surface area contributed by atoms with Crippen LogP contribution in [0.3, 0.4) is 0 Å². The number of carbonyl (C=O) groups excluding carboxylic acids is 1. The molecule has 0 spiro atoms. The number of aromatic nitrogens is 1. The van der Waals surface area contributed by atoms with Crippen molar-refractivity contribution in [1.29, 1.82) is 0 Å². The summed E-state index contributed by atoms with van der Waals surface area (Å²) >= 11 is 0. The molecule has 1 saturated carbocycles. The van der Waals surface area contributed by atoms with Gasteiger partial charge < -0.3 is 15.4 Å². The van der Waals surface area contributed by atoms with E-state index in [1.807, 2.05) is 30.3 Å². The fourth-order valence-electron chi connectivity index (χ4n) is 3.45. The van der Waals surface area contributed by atoms with Gasteiger partial charge in [-0.3, -0.25) is 4.98 Å². The molecule has 2 N–H and O–H groups in total. The van der Waals surface area contributed by atoms with Gasteiger partial charge in [-0.15, -0.1) is 0 Å². The molecule has 0 radical (unpaired) electrons. The van der Waals surface area contributed by atoms with Gasteiger partial charge in [-0.1, -0.05) is 18.9 Å². The second kappa shape index (κ2) is 6.96. The van der Waals surface area contributed by atoms with E-state index < -0.39 is 0 Å². The molecule has 1 aliphatic carbocycles. The van der Waals surface area contributed by atoms with Crippen LogP contribution in [0.15, 0.2) is 36.5 Å². The predicted molar refractivity (Wildman–Crippen MR) is 91.5 cm³/mol. The summed E-state index contributed by atoms with van der Waals surface area (Å²) in [4.78, 5) is 16.6. The third-order valence-corrected chi connectivity index (χ3v) is 4.63. The molecule has 23 heavy (non-hydrogen) atoms. The quantitative estimate of drug-likeness (QED) is 0.887. The topological polar surface area (TPSA) is 63.2 Å². The molecule has 1 heterocycles. The van der Waals surface area contributed by atoms with Crippen LogP contribution in [0.25, 0.3) is 10.9 Å². The maximum Gasteiger partial charge on any atom is 0.319 e. The van der Waals surface area contributed by atoms with Gasteiger partial charge in [0.1, 0.15) is 0 Å². The van der Waals surface area contributed by atoms with Crippen LogP contribution in [-0.4, -0.2) is 31.3 Å². The monoisotopic (exact) mass is 313 g/mol. The maximum atomic E-state index is 12.3. The molecular weight excluding hydrogens is 290 g/mol. The number of nitrogens with one attached hydrogen (secondary N) is 2. The lowest BCUT2D eigenvalue weighted by atomic mass is 9.87. The Bertz CT molecular complexity index is 676. The van der Waals surface area contributed by atoms with Crippen molar-refractivity contribution in [2.24, 2.45) is 5.41 Å². The van der Waals surface area contributed by atoms with E-state index in [-0.39, 0.29) is 11.4 Å². The molecular formula is C18H23N3O2. The number of anilines is 1. The van der Waals surface area contributed by atoms with Crippen molar-refractivity contribution in [2.45, 2.75) is 25.7 Å². The highest BCUT2D eigenvalue weighted by molar-refractivity contribution is 6.00. The minimum atomic E-state index is -0.177. The van der Waals surface area contributed by atoms with Crippen molar-refractivity contribution in [3.63, 3.8) is 0 Å². The second-order valence-corrected chi connectivity index (χ2v) is 6.32. The number of rotatable bonds is 5. The second-order valence-electron chi connectivity index (χ2n) is 6.32. The van der Waals surface area contributed by atoms with Crippen LogP contribution in [0.2, 0.25) is 0 Å². The number of hydrogen-bond acceptors (Lipinski definition) is 3. The Morgan fingerprint density at radius 2 is 2.09 bits per heavy atom. The van der Waals surface area contributed by atoms with E-state index in [1.54, 1.807) is 13.3 Å². The number of carbonyl (C=O) groups is 1. The van der Waals surface area contributed by atoms with Crippen molar-refractivity contribution in [2.75, 3.05) is 25.6 Å². The molecule has 1 fully saturated rings. The molecule has 0 unspecified atom stereocenters. The molecule has 3 rings (SSSR count). The van der Waals surface area contributed by atoms with Gasteiger partial charge in [0.05, 0.1) is 17.8 Å². The Morgan fingerprint density at radius 3 is 2.87 bits per heavy atom. The summed E-state index contributed by atoms with van der Waals surface area (Å²) in [6, 6.07) is 9.38. The number of pyridine rings is 1. The van der Waals surface area contributed by atoms with Crippen LogP contribution < -0.4 is 10.6 Å². The first-order valence-electron chi connectivity index (χ1n) is 8.10. The summed E-state index contributed by atoms with van der Waals surface area (Å²) in [7, 11) is 1.73. The summed E-state index contributed by atoms with van der Waals surface area (Å²) < 4.78 is 5.36. The number of hydrogen-bond donors (Lipinski definition) is 2. The number of nitrogens with zero attached hydrogens (tertiary/aromatic N) is 1. The van der Waals surface area contributed by atoms with Crippen molar-refractivity contribution in [3.8, 4) is 0 Å². The largest absolute Gasteiger partial charge is 0.384 e. The van der Waals surface area contributed by atoms with Crippen LogP contribution in [0, 0.1) is 5.41 Å². The highest BCUT2D eigenvalue weighted by Gasteiger charge is 2.34. The molecule has 5 heteroatoms. The van der Waals surface area contributed by atoms with Gasteiger partial charge in [-0.05, 0) is 37.1 Å². The molecule has 1 aromatic heterocycles. The van der Waals surface area contributed by atoms with Crippen LogP contribution in [0.5, 0.6) is 0 Å². The molecule has 1 aliphatic rings. The maximum absolute atomic E-state index is 12.3. The SMILES string of the molecule is COCC1(CNC(=O)Nc2cccc3ncccc23)CCCC1. The van der Waals surface area contributed by atoms with Crippen LogP contribution in [0.1, 0.15) is 25.7 Å². The van der Waals surface area contributed by atoms with Gasteiger partial charge in [0.2, 0.25) is 0 Å². The Kier molecular flexibility index (Phi) is 4.76. The Hall–Kier alpha value is -2.14. The van der Waals surface area contributed by atoms with E-state index in [0.717, 1.165) is 29.4 Å². The van der Waals surface area contributed by atoms with E-state index >= 15 is 0 Å². The lowest BCUT2D eigenvalue weighted by Crippen LogP contribution is -2.40. The van der Waals surface area contributed by atoms with Crippen LogP contribution >= 0.6 is 0 Å². The molecule has 2 amide bonds. The molecule has 0 atom stereocenters. The molecule has 5 nitrogen and oxygen atoms in total. The van der Waals surface area contributed by atoms with Crippen molar-refractivity contribution in [1.82, 2.24) is 10.3 Å². The number of ether oxygens (including phenoxy) is 1. The van der Waals surface area contributed by atoms with Gasteiger partial charge >= 0.3 is 6.03 Å². The highest BCUT2D eigenvalue weighted by Crippen LogP contribution is 2.37. The zero-order valence-electron chi connectivity index (χ0n) is 13.5. The van der Waals surface area contributed by atoms with Gasteiger partial charge in [-0.2, -0.15) is 0 Å². The van der Waals surface area contributed by atoms with E-state index in [9.17, 15) is 4.79 Å². The smallest absolute Gasteiger partial charge is 0.319 e. The number of fused-ring (bicyclic) bond motifs is 1. The van der Waals surface area contributed by atoms with Crippen molar-refractivity contribution in [3.05, 3.63) is 36.5 Å². The Balaban J connectivity index is 1.65. The van der Waals surface area contributed by atoms with Gasteiger partial charge in [0.25, 0.3) is 0 Å². The third-order valence-electron chi connectivity index (χ3n) is 4.63. The minimum Gasteiger partial charge on any atom is -0.384 e. The molecule has 1 aromatic carbocycles. The number of benzene rings is 1. The summed E-state index contributed by atoms with van der Waals surface area (Å²) in [5, 5.41) is 6.89. The first-order valence-corrected chi connectivity index (χ1v) is 8.10. The van der Waals surface area contributed by atoms with Crippen molar-refractivity contribution >= 4 is 22.6 Å². The summed E-state index contributed by atoms with van der Waals surface area (Å²) in [5.74, 6) is 0. The molecule has 2 aromatic rings. The van der Waals surface area contributed by atoms with E-state index in [1.165, 1.54) is 12.8 Å².